The molecule has 0 aromatic rings. The van der Waals surface area contributed by atoms with Gasteiger partial charge in [-0.05, 0) is 19.8 Å². The number of hydrogen-bond acceptors (Lipinski definition) is 3. The summed E-state index contributed by atoms with van der Waals surface area (Å²) in [5.74, 6) is 1.40. The second-order valence-corrected chi connectivity index (χ2v) is 3.49. The van der Waals surface area contributed by atoms with Crippen LogP contribution in [0.15, 0.2) is 0 Å². The molecule has 1 atom stereocenters. The van der Waals surface area contributed by atoms with E-state index in [0.717, 1.165) is 25.7 Å². The molecule has 0 saturated carbocycles. The number of carbonyl (C=O) groups excluding carboxylic acids is 2. The predicted octanol–water partition coefficient (Wildman–Crippen LogP) is 1.95. The molecule has 0 amide bonds. The molecule has 0 aromatic heterocycles. The smallest absolute Gasteiger partial charge is 0.316 e. The van der Waals surface area contributed by atoms with Crippen LogP contribution in [0.2, 0.25) is 0 Å². The van der Waals surface area contributed by atoms with Gasteiger partial charge >= 0.3 is 5.97 Å². The Morgan fingerprint density at radius 3 is 2.47 bits per heavy atom. The normalized spacial score (nSPS) is 11.5. The van der Waals surface area contributed by atoms with Crippen molar-refractivity contribution in [1.29, 1.82) is 0 Å². The van der Waals surface area contributed by atoms with Gasteiger partial charge in [0.15, 0.2) is 0 Å². The van der Waals surface area contributed by atoms with Gasteiger partial charge in [0.25, 0.3) is 0 Å². The lowest BCUT2D eigenvalue weighted by Crippen LogP contribution is -2.23. The third kappa shape index (κ3) is 5.90. The second-order valence-electron chi connectivity index (χ2n) is 3.49. The first-order valence-electron chi connectivity index (χ1n) is 5.15. The molecule has 0 aromatic carbocycles. The molecule has 0 aliphatic heterocycles. The number of terminal acetylenes is 1. The van der Waals surface area contributed by atoms with Crippen LogP contribution in [-0.4, -0.2) is 18.9 Å². The van der Waals surface area contributed by atoms with Gasteiger partial charge in [-0.15, -0.1) is 12.3 Å². The molecule has 3 nitrogen and oxygen atoms in total. The van der Waals surface area contributed by atoms with Crippen LogP contribution in [-0.2, 0) is 14.3 Å². The number of Topliss-reactive ketones (excluding diaryl/α,β-unsaturated/α-hetero) is 1. The molecular formula is C12H18O3. The number of ether oxygens (including phenoxy) is 1. The maximum Gasteiger partial charge on any atom is 0.316 e. The molecule has 1 unspecified atom stereocenters. The van der Waals surface area contributed by atoms with Crippen molar-refractivity contribution in [2.24, 2.45) is 5.92 Å². The Hall–Kier alpha value is -1.30. The Bertz CT molecular complexity index is 250. The highest BCUT2D eigenvalue weighted by molar-refractivity contribution is 5.97. The fraction of sp³-hybridized carbons (Fsp3) is 0.667. The van der Waals surface area contributed by atoms with Gasteiger partial charge in [-0.1, -0.05) is 12.8 Å². The van der Waals surface area contributed by atoms with E-state index in [-0.39, 0.29) is 5.78 Å². The van der Waals surface area contributed by atoms with Crippen LogP contribution >= 0.6 is 0 Å². The van der Waals surface area contributed by atoms with E-state index < -0.39 is 11.9 Å². The summed E-state index contributed by atoms with van der Waals surface area (Å²) >= 11 is 0. The van der Waals surface area contributed by atoms with Crippen molar-refractivity contribution in [1.82, 2.24) is 0 Å². The lowest BCUT2D eigenvalue weighted by Gasteiger charge is -2.10. The molecule has 0 aliphatic rings. The summed E-state index contributed by atoms with van der Waals surface area (Å²) in [4.78, 5) is 22.3. The van der Waals surface area contributed by atoms with E-state index in [0.29, 0.717) is 6.42 Å². The highest BCUT2D eigenvalue weighted by Gasteiger charge is 2.22. The average Bonchev–Trinajstić information content (AvgIpc) is 2.22. The van der Waals surface area contributed by atoms with Crippen LogP contribution < -0.4 is 0 Å². The van der Waals surface area contributed by atoms with Crippen molar-refractivity contribution in [3.8, 4) is 12.3 Å². The molecule has 0 rings (SSSR count). The van der Waals surface area contributed by atoms with Crippen LogP contribution in [0, 0.1) is 18.3 Å². The van der Waals surface area contributed by atoms with Crippen LogP contribution in [0.3, 0.4) is 0 Å². The van der Waals surface area contributed by atoms with E-state index >= 15 is 0 Å². The summed E-state index contributed by atoms with van der Waals surface area (Å²) in [6.45, 7) is 1.42. The molecule has 0 bridgehead atoms. The molecule has 0 radical (unpaired) electrons. The molecular weight excluding hydrogens is 192 g/mol. The van der Waals surface area contributed by atoms with Gasteiger partial charge in [0.05, 0.1) is 7.11 Å². The van der Waals surface area contributed by atoms with Crippen molar-refractivity contribution in [2.45, 2.75) is 39.0 Å². The monoisotopic (exact) mass is 210 g/mol. The Morgan fingerprint density at radius 2 is 2.00 bits per heavy atom. The SMILES string of the molecule is C#CCCCCCC(C(C)=O)C(=O)OC. The largest absolute Gasteiger partial charge is 0.468 e. The number of hydrogen-bond donors (Lipinski definition) is 0. The molecule has 0 aliphatic carbocycles. The fourth-order valence-corrected chi connectivity index (χ4v) is 1.38. The molecule has 0 fully saturated rings. The van der Waals surface area contributed by atoms with Crippen LogP contribution in [0.1, 0.15) is 39.0 Å². The van der Waals surface area contributed by atoms with Crippen molar-refractivity contribution in [3.63, 3.8) is 0 Å². The zero-order valence-corrected chi connectivity index (χ0v) is 9.41. The van der Waals surface area contributed by atoms with Crippen molar-refractivity contribution < 1.29 is 14.3 Å². The first kappa shape index (κ1) is 13.7. The number of esters is 1. The van der Waals surface area contributed by atoms with Gasteiger partial charge < -0.3 is 4.74 Å². The predicted molar refractivity (Wildman–Crippen MR) is 58.1 cm³/mol. The Kier molecular flexibility index (Phi) is 7.35. The molecule has 3 heteroatoms. The number of unbranched alkanes of at least 4 members (excludes halogenated alkanes) is 3. The van der Waals surface area contributed by atoms with Gasteiger partial charge in [-0.25, -0.2) is 0 Å². The average molecular weight is 210 g/mol. The maximum atomic E-state index is 11.2. The van der Waals surface area contributed by atoms with Gasteiger partial charge in [0.1, 0.15) is 11.7 Å². The third-order valence-corrected chi connectivity index (χ3v) is 2.29. The Morgan fingerprint density at radius 1 is 1.33 bits per heavy atom. The van der Waals surface area contributed by atoms with Gasteiger partial charge in [0, 0.05) is 6.42 Å². The van der Waals surface area contributed by atoms with Gasteiger partial charge in [0.2, 0.25) is 0 Å². The Balaban J connectivity index is 3.83. The van der Waals surface area contributed by atoms with Gasteiger partial charge in [-0.2, -0.15) is 0 Å². The minimum atomic E-state index is -0.596. The van der Waals surface area contributed by atoms with E-state index in [4.69, 9.17) is 6.42 Å². The zero-order chi connectivity index (χ0) is 11.7. The summed E-state index contributed by atoms with van der Waals surface area (Å²) < 4.78 is 4.56. The topological polar surface area (TPSA) is 43.4 Å². The minimum absolute atomic E-state index is 0.126. The quantitative estimate of drug-likeness (QED) is 0.279. The second kappa shape index (κ2) is 8.05. The third-order valence-electron chi connectivity index (χ3n) is 2.29. The van der Waals surface area contributed by atoms with E-state index in [1.165, 1.54) is 14.0 Å². The van der Waals surface area contributed by atoms with Crippen molar-refractivity contribution >= 4 is 11.8 Å². The molecule has 0 spiro atoms. The maximum absolute atomic E-state index is 11.2. The van der Waals surface area contributed by atoms with Crippen LogP contribution in [0.5, 0.6) is 0 Å². The van der Waals surface area contributed by atoms with Crippen molar-refractivity contribution in [2.75, 3.05) is 7.11 Å². The molecule has 0 saturated heterocycles. The summed E-state index contributed by atoms with van der Waals surface area (Å²) in [5.41, 5.74) is 0. The number of carbonyl (C=O) groups is 2. The minimum Gasteiger partial charge on any atom is -0.468 e. The number of ketones is 1. The number of rotatable bonds is 7. The highest BCUT2D eigenvalue weighted by atomic mass is 16.5. The van der Waals surface area contributed by atoms with Gasteiger partial charge in [-0.3, -0.25) is 9.59 Å². The van der Waals surface area contributed by atoms with E-state index in [1.54, 1.807) is 0 Å². The zero-order valence-electron chi connectivity index (χ0n) is 9.41. The van der Waals surface area contributed by atoms with Crippen molar-refractivity contribution in [3.05, 3.63) is 0 Å². The lowest BCUT2D eigenvalue weighted by atomic mass is 9.97. The Labute approximate surface area is 91.2 Å². The van der Waals surface area contributed by atoms with E-state index in [2.05, 4.69) is 10.7 Å². The number of methoxy groups -OCH3 is 1. The summed E-state index contributed by atoms with van der Waals surface area (Å²) in [6, 6.07) is 0. The summed E-state index contributed by atoms with van der Waals surface area (Å²) in [6.07, 6.45) is 9.16. The summed E-state index contributed by atoms with van der Waals surface area (Å²) in [5, 5.41) is 0. The van der Waals surface area contributed by atoms with E-state index in [1.807, 2.05) is 0 Å². The fourth-order valence-electron chi connectivity index (χ4n) is 1.38. The molecule has 15 heavy (non-hydrogen) atoms. The first-order valence-corrected chi connectivity index (χ1v) is 5.15. The molecule has 0 N–H and O–H groups in total. The standard InChI is InChI=1S/C12H18O3/c1-4-5-6-7-8-9-11(10(2)13)12(14)15-3/h1,11H,5-9H2,2-3H3. The first-order chi connectivity index (χ1) is 7.13. The summed E-state index contributed by atoms with van der Waals surface area (Å²) in [7, 11) is 1.30. The van der Waals surface area contributed by atoms with Crippen LogP contribution in [0.25, 0.3) is 0 Å². The lowest BCUT2D eigenvalue weighted by molar-refractivity contribution is -0.149. The highest BCUT2D eigenvalue weighted by Crippen LogP contribution is 2.13. The van der Waals surface area contributed by atoms with Crippen LogP contribution in [0.4, 0.5) is 0 Å². The molecule has 0 heterocycles. The van der Waals surface area contributed by atoms with E-state index in [9.17, 15) is 9.59 Å². The molecule has 84 valence electrons.